The normalized spacial score (nSPS) is 10.7. The molecule has 0 unspecified atom stereocenters. The Morgan fingerprint density at radius 1 is 1.30 bits per heavy atom. The average molecular weight is 313 g/mol. The van der Waals surface area contributed by atoms with E-state index in [-0.39, 0.29) is 22.7 Å². The van der Waals surface area contributed by atoms with E-state index in [1.54, 1.807) is 19.1 Å². The molecule has 6 heteroatoms. The van der Waals surface area contributed by atoms with Crippen molar-refractivity contribution in [3.8, 4) is 11.5 Å². The van der Waals surface area contributed by atoms with Crippen LogP contribution in [-0.2, 0) is 0 Å². The van der Waals surface area contributed by atoms with E-state index in [9.17, 15) is 20.0 Å². The number of rotatable bonds is 5. The quantitative estimate of drug-likeness (QED) is 0.395. The zero-order chi connectivity index (χ0) is 17.0. The van der Waals surface area contributed by atoms with Gasteiger partial charge in [0.2, 0.25) is 0 Å². The Balaban J connectivity index is 2.32. The average Bonchev–Trinajstić information content (AvgIpc) is 2.52. The highest BCUT2D eigenvalue weighted by Gasteiger charge is 2.16. The molecule has 0 aliphatic carbocycles. The van der Waals surface area contributed by atoms with Gasteiger partial charge >= 0.3 is 0 Å². The van der Waals surface area contributed by atoms with Crippen molar-refractivity contribution in [1.82, 2.24) is 0 Å². The zero-order valence-electron chi connectivity index (χ0n) is 12.6. The highest BCUT2D eigenvalue weighted by atomic mass is 16.6. The monoisotopic (exact) mass is 313 g/mol. The Morgan fingerprint density at radius 3 is 2.70 bits per heavy atom. The van der Waals surface area contributed by atoms with Crippen LogP contribution in [0.15, 0.2) is 42.5 Å². The van der Waals surface area contributed by atoms with E-state index < -0.39 is 10.7 Å². The SMILES string of the molecule is COc1cc(C)cc(O)c1C(=O)/C=C/c1cccc([N+](=O)[O-])c1. The Morgan fingerprint density at radius 2 is 2.04 bits per heavy atom. The number of methoxy groups -OCH3 is 1. The molecule has 0 amide bonds. The molecule has 0 aromatic heterocycles. The van der Waals surface area contributed by atoms with Gasteiger partial charge in [0.1, 0.15) is 17.1 Å². The first-order valence-electron chi connectivity index (χ1n) is 6.77. The van der Waals surface area contributed by atoms with Crippen LogP contribution in [0.2, 0.25) is 0 Å². The van der Waals surface area contributed by atoms with Gasteiger partial charge in [-0.25, -0.2) is 0 Å². The third kappa shape index (κ3) is 3.74. The van der Waals surface area contributed by atoms with Crippen LogP contribution in [0.4, 0.5) is 5.69 Å². The molecule has 0 saturated heterocycles. The summed E-state index contributed by atoms with van der Waals surface area (Å²) in [6, 6.07) is 9.02. The summed E-state index contributed by atoms with van der Waals surface area (Å²) in [5.74, 6) is -0.349. The van der Waals surface area contributed by atoms with Gasteiger partial charge in [-0.2, -0.15) is 0 Å². The van der Waals surface area contributed by atoms with Gasteiger partial charge in [0.05, 0.1) is 12.0 Å². The molecular weight excluding hydrogens is 298 g/mol. The number of allylic oxidation sites excluding steroid dienone is 1. The number of nitro groups is 1. The molecule has 0 aliphatic heterocycles. The molecule has 0 radical (unpaired) electrons. The number of nitro benzene ring substituents is 1. The summed E-state index contributed by atoms with van der Waals surface area (Å²) in [7, 11) is 1.41. The minimum atomic E-state index is -0.506. The van der Waals surface area contributed by atoms with E-state index in [0.717, 1.165) is 5.56 Å². The van der Waals surface area contributed by atoms with Crippen molar-refractivity contribution < 1.29 is 19.6 Å². The molecule has 0 aliphatic rings. The number of aryl methyl sites for hydroxylation is 1. The second-order valence-electron chi connectivity index (χ2n) is 4.91. The molecular formula is C17H15NO5. The lowest BCUT2D eigenvalue weighted by atomic mass is 10.0. The minimum absolute atomic E-state index is 0.0554. The fourth-order valence-corrected chi connectivity index (χ4v) is 2.14. The van der Waals surface area contributed by atoms with Gasteiger partial charge < -0.3 is 9.84 Å². The molecule has 0 bridgehead atoms. The van der Waals surface area contributed by atoms with Crippen molar-refractivity contribution in [3.63, 3.8) is 0 Å². The molecule has 23 heavy (non-hydrogen) atoms. The molecule has 2 rings (SSSR count). The summed E-state index contributed by atoms with van der Waals surface area (Å²) in [6.45, 7) is 1.77. The number of ether oxygens (including phenoxy) is 1. The van der Waals surface area contributed by atoms with Crippen LogP contribution in [0.1, 0.15) is 21.5 Å². The van der Waals surface area contributed by atoms with Gasteiger partial charge in [-0.15, -0.1) is 0 Å². The number of benzene rings is 2. The molecule has 1 N–H and O–H groups in total. The highest BCUT2D eigenvalue weighted by Crippen LogP contribution is 2.30. The predicted octanol–water partition coefficient (Wildman–Crippen LogP) is 3.51. The van der Waals surface area contributed by atoms with Crippen molar-refractivity contribution in [2.24, 2.45) is 0 Å². The van der Waals surface area contributed by atoms with Crippen molar-refractivity contribution in [2.45, 2.75) is 6.92 Å². The van der Waals surface area contributed by atoms with Gasteiger partial charge in [-0.05, 0) is 36.3 Å². The van der Waals surface area contributed by atoms with E-state index in [0.29, 0.717) is 5.56 Å². The third-order valence-corrected chi connectivity index (χ3v) is 3.20. The maximum Gasteiger partial charge on any atom is 0.270 e. The van der Waals surface area contributed by atoms with E-state index in [1.807, 2.05) is 0 Å². The van der Waals surface area contributed by atoms with Crippen molar-refractivity contribution in [2.75, 3.05) is 7.11 Å². The summed E-state index contributed by atoms with van der Waals surface area (Å²) in [4.78, 5) is 22.5. The van der Waals surface area contributed by atoms with E-state index in [1.165, 1.54) is 43.5 Å². The van der Waals surface area contributed by atoms with Crippen molar-refractivity contribution >= 4 is 17.5 Å². The number of hydrogen-bond donors (Lipinski definition) is 1. The van der Waals surface area contributed by atoms with Crippen LogP contribution < -0.4 is 4.74 Å². The Bertz CT molecular complexity index is 796. The molecule has 0 heterocycles. The maximum absolute atomic E-state index is 12.3. The van der Waals surface area contributed by atoms with Crippen LogP contribution in [0.5, 0.6) is 11.5 Å². The van der Waals surface area contributed by atoms with Gasteiger partial charge in [-0.1, -0.05) is 18.2 Å². The molecule has 2 aromatic carbocycles. The maximum atomic E-state index is 12.3. The third-order valence-electron chi connectivity index (χ3n) is 3.20. The molecule has 6 nitrogen and oxygen atoms in total. The molecule has 0 fully saturated rings. The standard InChI is InChI=1S/C17H15NO5/c1-11-8-15(20)17(16(9-11)23-2)14(19)7-6-12-4-3-5-13(10-12)18(21)22/h3-10,20H,1-2H3/b7-6+. The van der Waals surface area contributed by atoms with Crippen molar-refractivity contribution in [1.29, 1.82) is 0 Å². The van der Waals surface area contributed by atoms with Crippen molar-refractivity contribution in [3.05, 3.63) is 69.3 Å². The number of ketones is 1. The fraction of sp³-hybridized carbons (Fsp3) is 0.118. The minimum Gasteiger partial charge on any atom is -0.507 e. The predicted molar refractivity (Wildman–Crippen MR) is 85.9 cm³/mol. The fourth-order valence-electron chi connectivity index (χ4n) is 2.14. The van der Waals surface area contributed by atoms with E-state index in [4.69, 9.17) is 4.74 Å². The van der Waals surface area contributed by atoms with E-state index in [2.05, 4.69) is 0 Å². The lowest BCUT2D eigenvalue weighted by molar-refractivity contribution is -0.384. The Hall–Kier alpha value is -3.15. The number of carbonyl (C=O) groups is 1. The number of aromatic hydroxyl groups is 1. The lowest BCUT2D eigenvalue weighted by Crippen LogP contribution is -2.00. The van der Waals surface area contributed by atoms with Crippen LogP contribution in [-0.4, -0.2) is 22.9 Å². The highest BCUT2D eigenvalue weighted by molar-refractivity contribution is 6.10. The Kier molecular flexibility index (Phi) is 4.75. The second-order valence-corrected chi connectivity index (χ2v) is 4.91. The first-order valence-corrected chi connectivity index (χ1v) is 6.77. The summed E-state index contributed by atoms with van der Waals surface area (Å²) in [6.07, 6.45) is 2.69. The number of phenols is 1. The van der Waals surface area contributed by atoms with Gasteiger partial charge in [0, 0.05) is 12.1 Å². The summed E-state index contributed by atoms with van der Waals surface area (Å²) in [5, 5.41) is 20.7. The second kappa shape index (κ2) is 6.74. The first kappa shape index (κ1) is 16.2. The molecule has 0 spiro atoms. The number of phenolic OH excluding ortho intramolecular Hbond substituents is 1. The first-order chi connectivity index (χ1) is 10.9. The molecule has 118 valence electrons. The van der Waals surface area contributed by atoms with E-state index >= 15 is 0 Å². The smallest absolute Gasteiger partial charge is 0.270 e. The topological polar surface area (TPSA) is 89.7 Å². The van der Waals surface area contributed by atoms with Crippen LogP contribution in [0, 0.1) is 17.0 Å². The lowest BCUT2D eigenvalue weighted by Gasteiger charge is -2.09. The molecule has 0 saturated carbocycles. The summed E-state index contributed by atoms with van der Waals surface area (Å²) in [5.41, 5.74) is 1.27. The Labute approximate surface area is 132 Å². The van der Waals surface area contributed by atoms with Gasteiger partial charge in [-0.3, -0.25) is 14.9 Å². The summed E-state index contributed by atoms with van der Waals surface area (Å²) >= 11 is 0. The van der Waals surface area contributed by atoms with Crippen LogP contribution in [0.25, 0.3) is 6.08 Å². The molecule has 2 aromatic rings. The largest absolute Gasteiger partial charge is 0.507 e. The van der Waals surface area contributed by atoms with Crippen LogP contribution in [0.3, 0.4) is 0 Å². The van der Waals surface area contributed by atoms with Gasteiger partial charge in [0.25, 0.3) is 5.69 Å². The zero-order valence-corrected chi connectivity index (χ0v) is 12.6. The number of carbonyl (C=O) groups excluding carboxylic acids is 1. The molecule has 0 atom stereocenters. The number of nitrogens with zero attached hydrogens (tertiary/aromatic N) is 1. The summed E-state index contributed by atoms with van der Waals surface area (Å²) < 4.78 is 5.13. The number of hydrogen-bond acceptors (Lipinski definition) is 5. The number of non-ortho nitro benzene ring substituents is 1. The van der Waals surface area contributed by atoms with Crippen LogP contribution >= 0.6 is 0 Å². The van der Waals surface area contributed by atoms with Gasteiger partial charge in [0.15, 0.2) is 5.78 Å².